The highest BCUT2D eigenvalue weighted by molar-refractivity contribution is 5.94. The molecule has 0 saturated carbocycles. The topological polar surface area (TPSA) is 146 Å². The first-order valence-electron chi connectivity index (χ1n) is 10.6. The molecular formula is C23H23N5O5. The molecule has 170 valence electrons. The van der Waals surface area contributed by atoms with Crippen LogP contribution in [-0.4, -0.2) is 50.9 Å². The Morgan fingerprint density at radius 3 is 2.33 bits per heavy atom. The number of carbonyl (C=O) groups is 3. The van der Waals surface area contributed by atoms with Gasteiger partial charge in [-0.1, -0.05) is 61.9 Å². The molecule has 0 saturated heterocycles. The summed E-state index contributed by atoms with van der Waals surface area (Å²) in [6.45, 7) is 1.93. The monoisotopic (exact) mass is 449 g/mol. The van der Waals surface area contributed by atoms with E-state index in [4.69, 9.17) is 9.84 Å². The first kappa shape index (κ1) is 22.0. The first-order valence-corrected chi connectivity index (χ1v) is 10.6. The van der Waals surface area contributed by atoms with E-state index in [1.54, 1.807) is 0 Å². The number of nitrogens with zero attached hydrogens (tertiary/aromatic N) is 2. The minimum Gasteiger partial charge on any atom is -0.480 e. The van der Waals surface area contributed by atoms with E-state index in [1.165, 1.54) is 0 Å². The molecule has 1 atom stereocenters. The molecule has 4 N–H and O–H groups in total. The van der Waals surface area contributed by atoms with Crippen LogP contribution in [0.2, 0.25) is 0 Å². The number of anilines is 1. The lowest BCUT2D eigenvalue weighted by Crippen LogP contribution is -2.41. The zero-order valence-electron chi connectivity index (χ0n) is 17.9. The number of fused-ring (bicyclic) bond motifs is 3. The molecule has 10 heteroatoms. The van der Waals surface area contributed by atoms with Crippen molar-refractivity contribution < 1.29 is 24.2 Å². The quantitative estimate of drug-likeness (QED) is 0.413. The molecule has 1 heterocycles. The van der Waals surface area contributed by atoms with Crippen molar-refractivity contribution in [2.45, 2.75) is 31.7 Å². The highest BCUT2D eigenvalue weighted by Crippen LogP contribution is 2.44. The molecule has 4 rings (SSSR count). The Morgan fingerprint density at radius 1 is 1.09 bits per heavy atom. The summed E-state index contributed by atoms with van der Waals surface area (Å²) in [5.41, 5.74) is 4.41. The van der Waals surface area contributed by atoms with E-state index in [2.05, 4.69) is 25.8 Å². The maximum absolute atomic E-state index is 12.3. The van der Waals surface area contributed by atoms with Gasteiger partial charge in [0.05, 0.1) is 0 Å². The van der Waals surface area contributed by atoms with Crippen molar-refractivity contribution in [3.05, 3.63) is 65.5 Å². The summed E-state index contributed by atoms with van der Waals surface area (Å²) in [5, 5.41) is 20.1. The molecular weight excluding hydrogens is 426 g/mol. The summed E-state index contributed by atoms with van der Waals surface area (Å²) >= 11 is 0. The first-order chi connectivity index (χ1) is 16.0. The number of carbonyl (C=O) groups excluding carboxylic acids is 2. The predicted molar refractivity (Wildman–Crippen MR) is 119 cm³/mol. The number of ether oxygens (including phenoxy) is 1. The third-order valence-electron chi connectivity index (χ3n) is 5.44. The molecule has 1 aromatic heterocycles. The summed E-state index contributed by atoms with van der Waals surface area (Å²) < 4.78 is 5.42. The number of carboxylic acids is 1. The molecule has 0 unspecified atom stereocenters. The molecule has 0 aliphatic heterocycles. The molecule has 1 aliphatic carbocycles. The normalized spacial score (nSPS) is 13.0. The SMILES string of the molecule is CCC[C@H](NC(=O)c1nc(NC(=O)OCC2c3ccccc3-c3ccccc32)n[nH]1)C(=O)O. The number of aromatic amines is 1. The smallest absolute Gasteiger partial charge is 0.414 e. The standard InChI is InChI=1S/C23H23N5O5/c1-2-7-18(21(30)31)24-20(29)19-25-22(28-27-19)26-23(32)33-12-17-15-10-5-3-8-13(15)14-9-4-6-11-16(14)17/h3-6,8-11,17-18H,2,7,12H2,1H3,(H,24,29)(H,30,31)(H2,25,26,27,28,32)/t18-/m0/s1. The number of carboxylic acid groups (broad SMARTS) is 1. The van der Waals surface area contributed by atoms with Crippen LogP contribution in [0.4, 0.5) is 10.7 Å². The summed E-state index contributed by atoms with van der Waals surface area (Å²) in [6.07, 6.45) is 0.0969. The van der Waals surface area contributed by atoms with E-state index in [1.807, 2.05) is 55.5 Å². The van der Waals surface area contributed by atoms with Crippen LogP contribution in [0, 0.1) is 0 Å². The second kappa shape index (κ2) is 9.51. The number of benzene rings is 2. The number of aromatic nitrogens is 3. The summed E-state index contributed by atoms with van der Waals surface area (Å²) in [6, 6.07) is 14.9. The van der Waals surface area contributed by atoms with Crippen molar-refractivity contribution in [1.82, 2.24) is 20.5 Å². The van der Waals surface area contributed by atoms with Crippen LogP contribution in [0.15, 0.2) is 48.5 Å². The van der Waals surface area contributed by atoms with E-state index in [0.717, 1.165) is 22.3 Å². The van der Waals surface area contributed by atoms with Crippen LogP contribution in [0.5, 0.6) is 0 Å². The number of hydrogen-bond acceptors (Lipinski definition) is 6. The van der Waals surface area contributed by atoms with Gasteiger partial charge in [-0.2, -0.15) is 4.98 Å². The number of aliphatic carboxylic acids is 1. The number of hydrogen-bond donors (Lipinski definition) is 4. The summed E-state index contributed by atoms with van der Waals surface area (Å²) in [5.74, 6) is -2.33. The lowest BCUT2D eigenvalue weighted by molar-refractivity contribution is -0.139. The van der Waals surface area contributed by atoms with Gasteiger partial charge in [0.15, 0.2) is 0 Å². The highest BCUT2D eigenvalue weighted by Gasteiger charge is 2.29. The predicted octanol–water partition coefficient (Wildman–Crippen LogP) is 3.15. The molecule has 3 aromatic rings. The Balaban J connectivity index is 1.36. The fourth-order valence-electron chi connectivity index (χ4n) is 3.92. The van der Waals surface area contributed by atoms with Gasteiger partial charge >= 0.3 is 12.1 Å². The van der Waals surface area contributed by atoms with Crippen molar-refractivity contribution in [3.63, 3.8) is 0 Å². The molecule has 0 fully saturated rings. The van der Waals surface area contributed by atoms with Gasteiger partial charge in [-0.25, -0.2) is 9.59 Å². The van der Waals surface area contributed by atoms with Crippen LogP contribution >= 0.6 is 0 Å². The van der Waals surface area contributed by atoms with Crippen LogP contribution in [0.3, 0.4) is 0 Å². The Morgan fingerprint density at radius 2 is 1.73 bits per heavy atom. The second-order valence-electron chi connectivity index (χ2n) is 7.61. The maximum Gasteiger partial charge on any atom is 0.414 e. The minimum absolute atomic E-state index is 0.0943. The molecule has 0 spiro atoms. The largest absolute Gasteiger partial charge is 0.480 e. The van der Waals surface area contributed by atoms with E-state index in [0.29, 0.717) is 6.42 Å². The fraction of sp³-hybridized carbons (Fsp3) is 0.261. The molecule has 1 aliphatic rings. The van der Waals surface area contributed by atoms with E-state index >= 15 is 0 Å². The van der Waals surface area contributed by atoms with Crippen molar-refractivity contribution in [2.24, 2.45) is 0 Å². The van der Waals surface area contributed by atoms with Gasteiger partial charge in [-0.3, -0.25) is 15.2 Å². The third-order valence-corrected chi connectivity index (χ3v) is 5.44. The Bertz CT molecular complexity index is 1150. The minimum atomic E-state index is -1.14. The van der Waals surface area contributed by atoms with Crippen LogP contribution in [-0.2, 0) is 9.53 Å². The molecule has 2 amide bonds. The van der Waals surface area contributed by atoms with Crippen LogP contribution in [0.25, 0.3) is 11.1 Å². The van der Waals surface area contributed by atoms with Gasteiger partial charge < -0.3 is 15.2 Å². The van der Waals surface area contributed by atoms with Crippen molar-refractivity contribution >= 4 is 23.9 Å². The molecule has 0 radical (unpaired) electrons. The number of amides is 2. The Kier molecular flexibility index (Phi) is 6.34. The summed E-state index contributed by atoms with van der Waals surface area (Å²) in [4.78, 5) is 39.6. The maximum atomic E-state index is 12.3. The average molecular weight is 449 g/mol. The Hall–Kier alpha value is -4.21. The zero-order chi connectivity index (χ0) is 23.4. The van der Waals surface area contributed by atoms with Gasteiger partial charge in [-0.05, 0) is 28.7 Å². The van der Waals surface area contributed by atoms with Crippen LogP contribution in [0.1, 0.15) is 47.4 Å². The molecule has 33 heavy (non-hydrogen) atoms. The van der Waals surface area contributed by atoms with Gasteiger partial charge in [0.25, 0.3) is 11.9 Å². The summed E-state index contributed by atoms with van der Waals surface area (Å²) in [7, 11) is 0. The van der Waals surface area contributed by atoms with Crippen molar-refractivity contribution in [2.75, 3.05) is 11.9 Å². The number of nitrogens with one attached hydrogen (secondary N) is 3. The van der Waals surface area contributed by atoms with E-state index < -0.39 is 24.0 Å². The van der Waals surface area contributed by atoms with Gasteiger partial charge in [0.1, 0.15) is 12.6 Å². The zero-order valence-corrected chi connectivity index (χ0v) is 17.9. The van der Waals surface area contributed by atoms with Crippen molar-refractivity contribution in [3.8, 4) is 11.1 Å². The van der Waals surface area contributed by atoms with Gasteiger partial charge in [-0.15, -0.1) is 5.10 Å². The average Bonchev–Trinajstić information content (AvgIpc) is 3.40. The fourth-order valence-corrected chi connectivity index (χ4v) is 3.92. The molecule has 2 aromatic carbocycles. The van der Waals surface area contributed by atoms with Gasteiger partial charge in [0, 0.05) is 5.92 Å². The van der Waals surface area contributed by atoms with E-state index in [9.17, 15) is 14.4 Å². The Labute approximate surface area is 189 Å². The van der Waals surface area contributed by atoms with E-state index in [-0.39, 0.29) is 30.7 Å². The lowest BCUT2D eigenvalue weighted by Gasteiger charge is -2.14. The van der Waals surface area contributed by atoms with Gasteiger partial charge in [0.2, 0.25) is 5.82 Å². The highest BCUT2D eigenvalue weighted by atomic mass is 16.5. The third kappa shape index (κ3) is 4.69. The van der Waals surface area contributed by atoms with Crippen LogP contribution < -0.4 is 10.6 Å². The number of H-pyrrole nitrogens is 1. The molecule has 10 nitrogen and oxygen atoms in total. The second-order valence-corrected chi connectivity index (χ2v) is 7.61. The number of rotatable bonds is 8. The lowest BCUT2D eigenvalue weighted by atomic mass is 9.98. The van der Waals surface area contributed by atoms with Crippen molar-refractivity contribution in [1.29, 1.82) is 0 Å². The molecule has 0 bridgehead atoms.